The van der Waals surface area contributed by atoms with Gasteiger partial charge in [0, 0.05) is 11.6 Å². The molecule has 0 aliphatic rings. The quantitative estimate of drug-likeness (QED) is 0.603. The van der Waals surface area contributed by atoms with Crippen molar-refractivity contribution in [2.75, 3.05) is 7.11 Å². The molecule has 0 heterocycles. The van der Waals surface area contributed by atoms with E-state index in [1.165, 1.54) is 26.2 Å². The number of hydrogen-bond donors (Lipinski definition) is 0. The summed E-state index contributed by atoms with van der Waals surface area (Å²) in [4.78, 5) is 24.8. The fourth-order valence-electron chi connectivity index (χ4n) is 2.51. The van der Waals surface area contributed by atoms with Crippen molar-refractivity contribution in [3.05, 3.63) is 64.0 Å². The Morgan fingerprint density at radius 3 is 2.20 bits per heavy atom. The molecule has 0 bridgehead atoms. The van der Waals surface area contributed by atoms with Crippen LogP contribution in [0.1, 0.15) is 44.3 Å². The van der Waals surface area contributed by atoms with Crippen LogP contribution >= 0.6 is 0 Å². The zero-order chi connectivity index (χ0) is 18.7. The first-order valence-electron chi connectivity index (χ1n) is 7.91. The summed E-state index contributed by atoms with van der Waals surface area (Å²) in [7, 11) is 1.40. The number of rotatable bonds is 5. The predicted octanol–water partition coefficient (Wildman–Crippen LogP) is 4.19. The van der Waals surface area contributed by atoms with E-state index in [0.717, 1.165) is 22.8 Å². The first-order valence-corrected chi connectivity index (χ1v) is 7.91. The van der Waals surface area contributed by atoms with Crippen LogP contribution in [0.2, 0.25) is 0 Å². The number of halogens is 1. The van der Waals surface area contributed by atoms with Crippen molar-refractivity contribution >= 4 is 11.8 Å². The predicted molar refractivity (Wildman–Crippen MR) is 92.8 cm³/mol. The highest BCUT2D eigenvalue weighted by Crippen LogP contribution is 2.20. The van der Waals surface area contributed by atoms with E-state index < -0.39 is 17.9 Å². The van der Waals surface area contributed by atoms with Crippen LogP contribution in [-0.2, 0) is 4.74 Å². The van der Waals surface area contributed by atoms with Crippen LogP contribution in [0.5, 0.6) is 5.75 Å². The molecule has 1 atom stereocenters. The van der Waals surface area contributed by atoms with Crippen molar-refractivity contribution in [2.45, 2.75) is 33.8 Å². The van der Waals surface area contributed by atoms with Crippen LogP contribution < -0.4 is 4.74 Å². The maximum Gasteiger partial charge on any atom is 0.341 e. The van der Waals surface area contributed by atoms with Gasteiger partial charge in [0.2, 0.25) is 5.78 Å². The average Bonchev–Trinajstić information content (AvgIpc) is 2.57. The summed E-state index contributed by atoms with van der Waals surface area (Å²) in [6.07, 6.45) is -1.02. The Bertz CT molecular complexity index is 827. The van der Waals surface area contributed by atoms with Crippen molar-refractivity contribution in [1.29, 1.82) is 0 Å². The third-order valence-electron chi connectivity index (χ3n) is 4.16. The van der Waals surface area contributed by atoms with Crippen molar-refractivity contribution in [2.24, 2.45) is 0 Å². The lowest BCUT2D eigenvalue weighted by Crippen LogP contribution is -2.25. The molecule has 0 radical (unpaired) electrons. The lowest BCUT2D eigenvalue weighted by molar-refractivity contribution is 0.0314. The summed E-state index contributed by atoms with van der Waals surface area (Å²) in [5.41, 5.74) is 3.13. The van der Waals surface area contributed by atoms with E-state index in [2.05, 4.69) is 0 Å². The highest BCUT2D eigenvalue weighted by Gasteiger charge is 2.24. The molecule has 0 aliphatic carbocycles. The van der Waals surface area contributed by atoms with Gasteiger partial charge in [-0.1, -0.05) is 6.07 Å². The van der Waals surface area contributed by atoms with E-state index in [4.69, 9.17) is 9.47 Å². The highest BCUT2D eigenvalue weighted by molar-refractivity contribution is 6.02. The third-order valence-corrected chi connectivity index (χ3v) is 4.16. The number of ketones is 1. The molecule has 4 nitrogen and oxygen atoms in total. The molecule has 0 unspecified atom stereocenters. The third kappa shape index (κ3) is 4.05. The van der Waals surface area contributed by atoms with E-state index in [-0.39, 0.29) is 11.3 Å². The van der Waals surface area contributed by atoms with Crippen molar-refractivity contribution in [1.82, 2.24) is 0 Å². The molecule has 0 aliphatic heterocycles. The molecule has 0 N–H and O–H groups in total. The number of ether oxygens (including phenoxy) is 2. The molecule has 5 heteroatoms. The second-order valence-corrected chi connectivity index (χ2v) is 6.01. The van der Waals surface area contributed by atoms with Gasteiger partial charge < -0.3 is 9.47 Å². The molecule has 0 saturated heterocycles. The van der Waals surface area contributed by atoms with Crippen LogP contribution in [0.25, 0.3) is 0 Å². The number of Topliss-reactive ketones (excluding diaryl/α,β-unsaturated/α-hetero) is 1. The number of carbonyl (C=O) groups is 2. The van der Waals surface area contributed by atoms with Gasteiger partial charge in [0.15, 0.2) is 6.10 Å². The molecule has 0 aromatic heterocycles. The molecule has 2 aromatic rings. The van der Waals surface area contributed by atoms with E-state index in [9.17, 15) is 14.0 Å². The van der Waals surface area contributed by atoms with Gasteiger partial charge >= 0.3 is 5.97 Å². The smallest absolute Gasteiger partial charge is 0.341 e. The van der Waals surface area contributed by atoms with Crippen LogP contribution in [0.15, 0.2) is 30.3 Å². The second kappa shape index (κ2) is 7.47. The summed E-state index contributed by atoms with van der Waals surface area (Å²) in [6.45, 7) is 7.19. The Morgan fingerprint density at radius 2 is 1.60 bits per heavy atom. The number of hydrogen-bond acceptors (Lipinski definition) is 4. The molecule has 2 rings (SSSR count). The number of carbonyl (C=O) groups excluding carboxylic acids is 2. The van der Waals surface area contributed by atoms with Gasteiger partial charge in [-0.3, -0.25) is 4.79 Å². The molecule has 2 aromatic carbocycles. The van der Waals surface area contributed by atoms with Crippen molar-refractivity contribution < 1.29 is 23.5 Å². The summed E-state index contributed by atoms with van der Waals surface area (Å²) in [5.74, 6) is -1.67. The number of benzene rings is 2. The summed E-state index contributed by atoms with van der Waals surface area (Å²) < 4.78 is 24.0. The Morgan fingerprint density at radius 1 is 0.960 bits per heavy atom. The molecule has 0 amide bonds. The van der Waals surface area contributed by atoms with Crippen LogP contribution in [-0.4, -0.2) is 25.0 Å². The SMILES string of the molecule is COc1ccc(C(=O)O[C@H](C)C(=O)c2cc(C)c(C)cc2C)c(F)c1. The van der Waals surface area contributed by atoms with E-state index >= 15 is 0 Å². The fourth-order valence-corrected chi connectivity index (χ4v) is 2.51. The largest absolute Gasteiger partial charge is 0.497 e. The summed E-state index contributed by atoms with van der Waals surface area (Å²) in [5, 5.41) is 0. The second-order valence-electron chi connectivity index (χ2n) is 6.01. The highest BCUT2D eigenvalue weighted by atomic mass is 19.1. The van der Waals surface area contributed by atoms with Gasteiger partial charge in [0.05, 0.1) is 12.7 Å². The minimum atomic E-state index is -1.02. The molecule has 0 saturated carbocycles. The van der Waals surface area contributed by atoms with E-state index in [1.807, 2.05) is 26.8 Å². The van der Waals surface area contributed by atoms with E-state index in [1.54, 1.807) is 6.07 Å². The number of methoxy groups -OCH3 is 1. The zero-order valence-corrected chi connectivity index (χ0v) is 15.0. The minimum Gasteiger partial charge on any atom is -0.497 e. The number of aryl methyl sites for hydroxylation is 3. The maximum atomic E-state index is 14.0. The van der Waals surface area contributed by atoms with Gasteiger partial charge in [0.1, 0.15) is 11.6 Å². The van der Waals surface area contributed by atoms with Crippen LogP contribution in [0.3, 0.4) is 0 Å². The molecule has 0 spiro atoms. The summed E-state index contributed by atoms with van der Waals surface area (Å²) in [6, 6.07) is 7.52. The summed E-state index contributed by atoms with van der Waals surface area (Å²) >= 11 is 0. The van der Waals surface area contributed by atoms with Crippen LogP contribution in [0, 0.1) is 26.6 Å². The molecule has 25 heavy (non-hydrogen) atoms. The zero-order valence-electron chi connectivity index (χ0n) is 15.0. The Balaban J connectivity index is 2.19. The lowest BCUT2D eigenvalue weighted by atomic mass is 9.96. The van der Waals surface area contributed by atoms with Gasteiger partial charge in [-0.15, -0.1) is 0 Å². The van der Waals surface area contributed by atoms with E-state index in [0.29, 0.717) is 11.3 Å². The Hall–Kier alpha value is -2.69. The van der Waals surface area contributed by atoms with Gasteiger partial charge in [-0.05, 0) is 62.6 Å². The standard InChI is InChI=1S/C20H21FO4/c1-11-8-13(3)17(9-12(11)2)19(22)14(4)25-20(23)16-7-6-15(24-5)10-18(16)21/h6-10,14H,1-5H3/t14-/m1/s1. The first-order chi connectivity index (χ1) is 11.7. The molecular weight excluding hydrogens is 323 g/mol. The monoisotopic (exact) mass is 344 g/mol. The molecule has 0 fully saturated rings. The lowest BCUT2D eigenvalue weighted by Gasteiger charge is -2.15. The van der Waals surface area contributed by atoms with Crippen molar-refractivity contribution in [3.63, 3.8) is 0 Å². The fraction of sp³-hybridized carbons (Fsp3) is 0.300. The van der Waals surface area contributed by atoms with Gasteiger partial charge in [-0.25, -0.2) is 9.18 Å². The average molecular weight is 344 g/mol. The Labute approximate surface area is 146 Å². The topological polar surface area (TPSA) is 52.6 Å². The van der Waals surface area contributed by atoms with Crippen molar-refractivity contribution in [3.8, 4) is 5.75 Å². The first kappa shape index (κ1) is 18.6. The normalized spacial score (nSPS) is 11.8. The Kier molecular flexibility index (Phi) is 5.57. The van der Waals surface area contributed by atoms with Gasteiger partial charge in [0.25, 0.3) is 0 Å². The number of esters is 1. The van der Waals surface area contributed by atoms with Crippen LogP contribution in [0.4, 0.5) is 4.39 Å². The molecule has 132 valence electrons. The van der Waals surface area contributed by atoms with Gasteiger partial charge in [-0.2, -0.15) is 0 Å². The molecular formula is C20H21FO4. The minimum absolute atomic E-state index is 0.239. The maximum absolute atomic E-state index is 14.0.